The predicted molar refractivity (Wildman–Crippen MR) is 222 cm³/mol. The van der Waals surface area contributed by atoms with Gasteiger partial charge in [-0.15, -0.1) is 0 Å². The number of hydrogen-bond donors (Lipinski definition) is 0. The molecule has 248 valence electrons. The maximum Gasteiger partial charge on any atom is 0.0468 e. The third kappa shape index (κ3) is 5.89. The van der Waals surface area contributed by atoms with Crippen LogP contribution in [0.2, 0.25) is 0 Å². The zero-order valence-corrected chi connectivity index (χ0v) is 29.4. The molecule has 0 fully saturated rings. The van der Waals surface area contributed by atoms with Crippen molar-refractivity contribution in [2.24, 2.45) is 0 Å². The van der Waals surface area contributed by atoms with Gasteiger partial charge in [0.2, 0.25) is 0 Å². The lowest BCUT2D eigenvalue weighted by atomic mass is 9.74. The topological polar surface area (TPSA) is 3.24 Å². The predicted octanol–water partition coefficient (Wildman–Crippen LogP) is 12.4. The lowest BCUT2D eigenvalue weighted by Gasteiger charge is -2.32. The van der Waals surface area contributed by atoms with E-state index in [4.69, 9.17) is 0 Å². The van der Waals surface area contributed by atoms with Crippen LogP contribution in [0.25, 0.3) is 52.1 Å². The number of rotatable bonds is 9. The van der Waals surface area contributed by atoms with E-state index in [9.17, 15) is 0 Å². The minimum Gasteiger partial charge on any atom is -0.310 e. The van der Waals surface area contributed by atoms with E-state index in [0.717, 1.165) is 47.5 Å². The smallest absolute Gasteiger partial charge is 0.0468 e. The molecule has 0 amide bonds. The summed E-state index contributed by atoms with van der Waals surface area (Å²) in [4.78, 5) is 2.40. The first-order chi connectivity index (χ1) is 25.1. The fraction of sp³-hybridized carbons (Fsp3) is 0.120. The van der Waals surface area contributed by atoms with E-state index in [0.29, 0.717) is 11.8 Å². The van der Waals surface area contributed by atoms with Crippen LogP contribution in [0.3, 0.4) is 0 Å². The molecule has 5 aromatic rings. The van der Waals surface area contributed by atoms with Gasteiger partial charge in [0.25, 0.3) is 0 Å². The summed E-state index contributed by atoms with van der Waals surface area (Å²) in [5, 5.41) is 2.80. The Morgan fingerprint density at radius 2 is 1.53 bits per heavy atom. The molecule has 0 aromatic heterocycles. The Balaban J connectivity index is 1.30. The molecule has 8 rings (SSSR count). The van der Waals surface area contributed by atoms with Crippen molar-refractivity contribution in [3.05, 3.63) is 192 Å². The highest BCUT2D eigenvalue weighted by Gasteiger charge is 2.28. The Hall–Kier alpha value is -5.92. The fourth-order valence-electron chi connectivity index (χ4n) is 8.26. The second-order valence-electron chi connectivity index (χ2n) is 13.7. The van der Waals surface area contributed by atoms with Gasteiger partial charge in [0, 0.05) is 28.9 Å². The molecule has 0 saturated heterocycles. The monoisotopic (exact) mass is 657 g/mol. The van der Waals surface area contributed by atoms with Gasteiger partial charge in [-0.2, -0.15) is 0 Å². The van der Waals surface area contributed by atoms with Crippen molar-refractivity contribution >= 4 is 46.9 Å². The highest BCUT2D eigenvalue weighted by atomic mass is 15.1. The van der Waals surface area contributed by atoms with Crippen LogP contribution in [0, 0.1) is 0 Å². The van der Waals surface area contributed by atoms with Crippen LogP contribution in [0.1, 0.15) is 65.8 Å². The van der Waals surface area contributed by atoms with Crippen molar-refractivity contribution in [2.75, 3.05) is 4.90 Å². The van der Waals surface area contributed by atoms with Crippen LogP contribution >= 0.6 is 0 Å². The van der Waals surface area contributed by atoms with E-state index < -0.39 is 0 Å². The molecule has 2 atom stereocenters. The minimum atomic E-state index is 0.305. The quantitative estimate of drug-likeness (QED) is 0.143. The standard InChI is InChI=1S/C50H43N/c1-5-8-14-35-15-12-19-41(31-35)46-29-24-40-18-13-20-45-34(4)48-33-44(28-30-47(48)50(46)49(40)45)51(43-27-21-36(6-2)37(7-3)32-43)42-25-22-39(23-26-42)38-16-10-9-11-17-38/h5-12,14-16,18-19,21-34,38H,1-3,13,17,20H2,4H3/b14-8-. The molecule has 51 heavy (non-hydrogen) atoms. The molecule has 1 nitrogen and oxygen atoms in total. The lowest BCUT2D eigenvalue weighted by Crippen LogP contribution is -2.36. The van der Waals surface area contributed by atoms with Gasteiger partial charge in [-0.25, -0.2) is 0 Å². The number of nitrogens with zero attached hydrogens (tertiary/aromatic N) is 1. The Morgan fingerprint density at radius 3 is 2.31 bits per heavy atom. The first-order valence-corrected chi connectivity index (χ1v) is 18.1. The highest BCUT2D eigenvalue weighted by molar-refractivity contribution is 5.93. The van der Waals surface area contributed by atoms with Crippen molar-refractivity contribution in [3.8, 4) is 22.3 Å². The molecule has 3 aliphatic rings. The summed E-state index contributed by atoms with van der Waals surface area (Å²) in [5.41, 5.74) is 16.2. The molecule has 2 unspecified atom stereocenters. The van der Waals surface area contributed by atoms with Gasteiger partial charge >= 0.3 is 0 Å². The molecular formula is C50H43N. The first kappa shape index (κ1) is 32.3. The average molecular weight is 658 g/mol. The van der Waals surface area contributed by atoms with Gasteiger partial charge < -0.3 is 4.90 Å². The van der Waals surface area contributed by atoms with Gasteiger partial charge in [-0.3, -0.25) is 0 Å². The van der Waals surface area contributed by atoms with Crippen LogP contribution in [-0.2, 0) is 0 Å². The van der Waals surface area contributed by atoms with Crippen LogP contribution in [0.4, 0.5) is 17.1 Å². The van der Waals surface area contributed by atoms with Crippen molar-refractivity contribution in [3.63, 3.8) is 0 Å². The van der Waals surface area contributed by atoms with E-state index in [2.05, 4.69) is 165 Å². The van der Waals surface area contributed by atoms with Crippen molar-refractivity contribution in [1.82, 2.24) is 0 Å². The largest absolute Gasteiger partial charge is 0.310 e. The van der Waals surface area contributed by atoms with Gasteiger partial charge in [0.15, 0.2) is 0 Å². The fourth-order valence-corrected chi connectivity index (χ4v) is 8.26. The molecule has 3 aliphatic carbocycles. The minimum absolute atomic E-state index is 0.305. The van der Waals surface area contributed by atoms with E-state index in [1.807, 2.05) is 24.3 Å². The summed E-state index contributed by atoms with van der Waals surface area (Å²) in [6, 6.07) is 36.4. The maximum atomic E-state index is 4.13. The van der Waals surface area contributed by atoms with Crippen molar-refractivity contribution < 1.29 is 0 Å². The Morgan fingerprint density at radius 1 is 0.745 bits per heavy atom. The summed E-state index contributed by atoms with van der Waals surface area (Å²) in [6.45, 7) is 14.5. The molecule has 0 N–H and O–H groups in total. The van der Waals surface area contributed by atoms with Gasteiger partial charge in [-0.1, -0.05) is 148 Å². The van der Waals surface area contributed by atoms with E-state index in [-0.39, 0.29) is 0 Å². The van der Waals surface area contributed by atoms with Crippen LogP contribution < -0.4 is 15.3 Å². The summed E-state index contributed by atoms with van der Waals surface area (Å²) >= 11 is 0. The molecule has 0 radical (unpaired) electrons. The van der Waals surface area contributed by atoms with Crippen molar-refractivity contribution in [2.45, 2.75) is 38.0 Å². The first-order valence-electron chi connectivity index (χ1n) is 18.1. The highest BCUT2D eigenvalue weighted by Crippen LogP contribution is 2.46. The van der Waals surface area contributed by atoms with E-state index in [1.54, 1.807) is 5.57 Å². The maximum absolute atomic E-state index is 4.13. The molecule has 1 heteroatoms. The second kappa shape index (κ2) is 13.8. The molecule has 0 saturated carbocycles. The summed E-state index contributed by atoms with van der Waals surface area (Å²) in [5.74, 6) is 0.711. The molecular weight excluding hydrogens is 615 g/mol. The summed E-state index contributed by atoms with van der Waals surface area (Å²) < 4.78 is 0. The van der Waals surface area contributed by atoms with Gasteiger partial charge in [0.1, 0.15) is 0 Å². The van der Waals surface area contributed by atoms with E-state index in [1.165, 1.54) is 49.4 Å². The van der Waals surface area contributed by atoms with Crippen molar-refractivity contribution in [1.29, 1.82) is 0 Å². The zero-order valence-electron chi connectivity index (χ0n) is 29.4. The molecule has 0 heterocycles. The average Bonchev–Trinajstić information content (AvgIpc) is 3.19. The number of fused-ring (bicyclic) bond motifs is 2. The molecule has 0 aliphatic heterocycles. The third-order valence-electron chi connectivity index (χ3n) is 10.8. The number of anilines is 3. The molecule has 0 spiro atoms. The Kier molecular flexibility index (Phi) is 8.72. The van der Waals surface area contributed by atoms with Crippen LogP contribution in [-0.4, -0.2) is 0 Å². The second-order valence-corrected chi connectivity index (χ2v) is 13.7. The molecule has 5 aromatic carbocycles. The summed E-state index contributed by atoms with van der Waals surface area (Å²) in [7, 11) is 0. The van der Waals surface area contributed by atoms with Gasteiger partial charge in [0.05, 0.1) is 0 Å². The third-order valence-corrected chi connectivity index (χ3v) is 10.8. The number of allylic oxidation sites excluding steroid dienone is 6. The van der Waals surface area contributed by atoms with Crippen LogP contribution in [0.15, 0.2) is 153 Å². The Bertz CT molecular complexity index is 2410. The SMILES string of the molecule is C=C/C=C\c1cccc(-c2ccc3c4c2-c2ccc(N(c5ccc(C6C=CC=CC6)cc5)c5ccc(C=C)c(C=C)c5)cc2C(C)C=4CCC=3)c1. The normalized spacial score (nSPS) is 17.0. The molecule has 0 bridgehead atoms. The van der Waals surface area contributed by atoms with Gasteiger partial charge in [-0.05, 0) is 122 Å². The lowest BCUT2D eigenvalue weighted by molar-refractivity contribution is 0.854. The zero-order chi connectivity index (χ0) is 34.9. The number of hydrogen-bond acceptors (Lipinski definition) is 1. The summed E-state index contributed by atoms with van der Waals surface area (Å²) in [6.07, 6.45) is 24.2. The van der Waals surface area contributed by atoms with E-state index >= 15 is 0 Å². The Labute approximate surface area is 302 Å². The number of benzene rings is 5. The van der Waals surface area contributed by atoms with Crippen LogP contribution in [0.5, 0.6) is 0 Å².